The van der Waals surface area contributed by atoms with Crippen LogP contribution in [-0.2, 0) is 4.74 Å². The highest BCUT2D eigenvalue weighted by Crippen LogP contribution is 2.22. The molecule has 1 N–H and O–H groups in total. The zero-order valence-electron chi connectivity index (χ0n) is 10.6. The number of aromatic carboxylic acids is 1. The average molecular weight is 292 g/mol. The quantitative estimate of drug-likeness (QED) is 0.492. The Kier molecular flexibility index (Phi) is 3.61. The number of carboxylic acids is 1. The van der Waals surface area contributed by atoms with Gasteiger partial charge < -0.3 is 9.84 Å². The van der Waals surface area contributed by atoms with Crippen LogP contribution in [-0.4, -0.2) is 43.8 Å². The maximum Gasteiger partial charge on any atom is 0.377 e. The molecule has 1 heterocycles. The van der Waals surface area contributed by atoms with Gasteiger partial charge in [-0.15, -0.1) is 5.10 Å². The number of rotatable bonds is 4. The monoisotopic (exact) mass is 292 g/mol. The lowest BCUT2D eigenvalue weighted by atomic mass is 10.1. The predicted octanol–water partition coefficient (Wildman–Crippen LogP) is 0.660. The molecule has 0 atom stereocenters. The van der Waals surface area contributed by atoms with Gasteiger partial charge in [0, 0.05) is 6.07 Å². The number of nitro groups is 1. The van der Waals surface area contributed by atoms with E-state index in [-0.39, 0.29) is 11.5 Å². The minimum atomic E-state index is -1.41. The fourth-order valence-electron chi connectivity index (χ4n) is 1.57. The molecule has 0 aliphatic rings. The molecular formula is C11H8N4O6. The molecule has 0 bridgehead atoms. The van der Waals surface area contributed by atoms with Gasteiger partial charge in [-0.2, -0.15) is 0 Å². The number of carboxylic acid groups (broad SMARTS) is 1. The lowest BCUT2D eigenvalue weighted by Gasteiger charge is -2.02. The number of aromatic nitrogens is 3. The molecule has 108 valence electrons. The van der Waals surface area contributed by atoms with Crippen LogP contribution in [0.4, 0.5) is 5.69 Å². The van der Waals surface area contributed by atoms with E-state index in [0.29, 0.717) is 0 Å². The van der Waals surface area contributed by atoms with Crippen LogP contribution in [0.25, 0.3) is 5.69 Å². The summed E-state index contributed by atoms with van der Waals surface area (Å²) in [6.07, 6.45) is 1.16. The summed E-state index contributed by atoms with van der Waals surface area (Å²) in [5, 5.41) is 23.6. The van der Waals surface area contributed by atoms with Gasteiger partial charge in [-0.1, -0.05) is 0 Å². The van der Waals surface area contributed by atoms with E-state index in [4.69, 9.17) is 5.11 Å². The molecule has 0 fully saturated rings. The van der Waals surface area contributed by atoms with Crippen molar-refractivity contribution in [3.63, 3.8) is 0 Å². The first-order valence-corrected chi connectivity index (χ1v) is 5.46. The number of carbonyl (C=O) groups excluding carboxylic acids is 1. The van der Waals surface area contributed by atoms with Crippen molar-refractivity contribution in [2.75, 3.05) is 7.11 Å². The molecule has 0 amide bonds. The topological polar surface area (TPSA) is 137 Å². The van der Waals surface area contributed by atoms with Crippen LogP contribution in [0.5, 0.6) is 0 Å². The third kappa shape index (κ3) is 2.68. The largest absolute Gasteiger partial charge is 0.477 e. The van der Waals surface area contributed by atoms with Gasteiger partial charge >= 0.3 is 11.9 Å². The molecule has 1 aromatic heterocycles. The summed E-state index contributed by atoms with van der Waals surface area (Å²) >= 11 is 0. The lowest BCUT2D eigenvalue weighted by molar-refractivity contribution is -0.385. The van der Waals surface area contributed by atoms with E-state index in [1.807, 2.05) is 0 Å². The van der Waals surface area contributed by atoms with Gasteiger partial charge in [0.15, 0.2) is 0 Å². The SMILES string of the molecule is COC(=O)c1ncn(-c2ccc(C(=O)O)c([N+](=O)[O-])c2)n1. The Bertz CT molecular complexity index is 738. The van der Waals surface area contributed by atoms with Gasteiger partial charge in [-0.25, -0.2) is 19.3 Å². The highest BCUT2D eigenvalue weighted by molar-refractivity contribution is 5.92. The molecule has 2 aromatic rings. The molecule has 0 radical (unpaired) electrons. The van der Waals surface area contributed by atoms with Crippen molar-refractivity contribution in [3.8, 4) is 5.69 Å². The standard InChI is InChI=1S/C11H8N4O6/c1-21-11(18)9-12-5-14(13-9)6-2-3-7(10(16)17)8(4-6)15(19)20/h2-5H,1H3,(H,16,17). The molecule has 0 saturated carbocycles. The highest BCUT2D eigenvalue weighted by Gasteiger charge is 2.21. The third-order valence-electron chi connectivity index (χ3n) is 2.53. The second kappa shape index (κ2) is 5.36. The molecule has 0 unspecified atom stereocenters. The Balaban J connectivity index is 2.48. The summed E-state index contributed by atoms with van der Waals surface area (Å²) in [5.74, 6) is -2.39. The maximum absolute atomic E-state index is 11.2. The molecule has 21 heavy (non-hydrogen) atoms. The number of hydrogen-bond donors (Lipinski definition) is 1. The fourth-order valence-corrected chi connectivity index (χ4v) is 1.57. The number of nitrogens with zero attached hydrogens (tertiary/aromatic N) is 4. The van der Waals surface area contributed by atoms with Crippen LogP contribution in [0.15, 0.2) is 24.5 Å². The Morgan fingerprint density at radius 2 is 2.14 bits per heavy atom. The number of hydrogen-bond acceptors (Lipinski definition) is 7. The minimum absolute atomic E-state index is 0.189. The first-order valence-electron chi connectivity index (χ1n) is 5.46. The van der Waals surface area contributed by atoms with E-state index in [1.54, 1.807) is 0 Å². The number of methoxy groups -OCH3 is 1. The summed E-state index contributed by atoms with van der Waals surface area (Å²) in [7, 11) is 1.16. The Morgan fingerprint density at radius 1 is 1.43 bits per heavy atom. The Hall–Kier alpha value is -3.30. The van der Waals surface area contributed by atoms with Crippen molar-refractivity contribution in [1.82, 2.24) is 14.8 Å². The van der Waals surface area contributed by atoms with E-state index < -0.39 is 28.1 Å². The third-order valence-corrected chi connectivity index (χ3v) is 2.53. The van der Waals surface area contributed by atoms with Gasteiger partial charge in [0.1, 0.15) is 11.9 Å². The molecule has 10 heteroatoms. The Morgan fingerprint density at radius 3 is 2.71 bits per heavy atom. The first kappa shape index (κ1) is 14.1. The van der Waals surface area contributed by atoms with Crippen molar-refractivity contribution in [2.45, 2.75) is 0 Å². The molecule has 0 saturated heterocycles. The number of carbonyl (C=O) groups is 2. The minimum Gasteiger partial charge on any atom is -0.477 e. The molecule has 0 spiro atoms. The van der Waals surface area contributed by atoms with Crippen LogP contribution >= 0.6 is 0 Å². The number of ether oxygens (including phenoxy) is 1. The number of benzene rings is 1. The zero-order valence-corrected chi connectivity index (χ0v) is 10.6. The van der Waals surface area contributed by atoms with Crippen molar-refractivity contribution in [3.05, 3.63) is 46.0 Å². The van der Waals surface area contributed by atoms with Crippen LogP contribution in [0, 0.1) is 10.1 Å². The smallest absolute Gasteiger partial charge is 0.377 e. The highest BCUT2D eigenvalue weighted by atomic mass is 16.6. The molecule has 0 aliphatic heterocycles. The van der Waals surface area contributed by atoms with Gasteiger partial charge in [0.05, 0.1) is 17.7 Å². The van der Waals surface area contributed by atoms with Gasteiger partial charge in [-0.3, -0.25) is 10.1 Å². The Labute approximate surface area is 116 Å². The van der Waals surface area contributed by atoms with Gasteiger partial charge in [0.25, 0.3) is 11.5 Å². The van der Waals surface area contributed by atoms with Gasteiger partial charge in [0.2, 0.25) is 0 Å². The molecular weight excluding hydrogens is 284 g/mol. The maximum atomic E-state index is 11.2. The normalized spacial score (nSPS) is 10.1. The molecule has 2 rings (SSSR count). The fraction of sp³-hybridized carbons (Fsp3) is 0.0909. The van der Waals surface area contributed by atoms with Crippen LogP contribution < -0.4 is 0 Å². The van der Waals surface area contributed by atoms with E-state index in [0.717, 1.165) is 30.3 Å². The summed E-state index contributed by atoms with van der Waals surface area (Å²) in [5.41, 5.74) is -0.846. The van der Waals surface area contributed by atoms with Crippen molar-refractivity contribution < 1.29 is 24.4 Å². The second-order valence-corrected chi connectivity index (χ2v) is 3.77. The average Bonchev–Trinajstić information content (AvgIpc) is 2.95. The summed E-state index contributed by atoms with van der Waals surface area (Å²) in [6.45, 7) is 0. The van der Waals surface area contributed by atoms with E-state index >= 15 is 0 Å². The number of nitro benzene ring substituents is 1. The first-order chi connectivity index (χ1) is 9.93. The summed E-state index contributed by atoms with van der Waals surface area (Å²) < 4.78 is 5.54. The molecule has 0 aliphatic carbocycles. The molecule has 10 nitrogen and oxygen atoms in total. The van der Waals surface area contributed by atoms with Crippen molar-refractivity contribution >= 4 is 17.6 Å². The van der Waals surface area contributed by atoms with E-state index in [2.05, 4.69) is 14.8 Å². The second-order valence-electron chi connectivity index (χ2n) is 3.77. The van der Waals surface area contributed by atoms with Crippen LogP contribution in [0.3, 0.4) is 0 Å². The van der Waals surface area contributed by atoms with Crippen LogP contribution in [0.2, 0.25) is 0 Å². The van der Waals surface area contributed by atoms with Crippen molar-refractivity contribution in [2.24, 2.45) is 0 Å². The lowest BCUT2D eigenvalue weighted by Crippen LogP contribution is -2.06. The zero-order chi connectivity index (χ0) is 15.6. The van der Waals surface area contributed by atoms with Gasteiger partial charge in [-0.05, 0) is 12.1 Å². The van der Waals surface area contributed by atoms with E-state index in [1.165, 1.54) is 6.07 Å². The summed E-state index contributed by atoms with van der Waals surface area (Å²) in [6, 6.07) is 3.42. The van der Waals surface area contributed by atoms with Crippen molar-refractivity contribution in [1.29, 1.82) is 0 Å². The molecule has 1 aromatic carbocycles. The predicted molar refractivity (Wildman–Crippen MR) is 66.3 cm³/mol. The van der Waals surface area contributed by atoms with E-state index in [9.17, 15) is 19.7 Å². The number of esters is 1. The summed E-state index contributed by atoms with van der Waals surface area (Å²) in [4.78, 5) is 35.9. The van der Waals surface area contributed by atoms with Crippen LogP contribution in [0.1, 0.15) is 21.0 Å².